The lowest BCUT2D eigenvalue weighted by Crippen LogP contribution is -2.51. The van der Waals surface area contributed by atoms with Crippen LogP contribution in [0.15, 0.2) is 28.7 Å². The standard InChI is InChI=1S/C15H21BrN2O2/c1-3-20-15(19)8-13-9-18(2)10-14(17-13)11-4-6-12(16)7-5-11/h4-7,13-14,17H,3,8-10H2,1-2H3/t13-,14+/m1/s1. The third kappa shape index (κ3) is 4.30. The second-order valence-corrected chi connectivity index (χ2v) is 6.11. The molecule has 1 aromatic carbocycles. The maximum Gasteiger partial charge on any atom is 0.307 e. The summed E-state index contributed by atoms with van der Waals surface area (Å²) in [6, 6.07) is 8.71. The van der Waals surface area contributed by atoms with Crippen molar-refractivity contribution < 1.29 is 9.53 Å². The largest absolute Gasteiger partial charge is 0.466 e. The van der Waals surface area contributed by atoms with Crippen LogP contribution in [-0.2, 0) is 9.53 Å². The zero-order valence-electron chi connectivity index (χ0n) is 11.9. The van der Waals surface area contributed by atoms with Crippen molar-refractivity contribution in [1.82, 2.24) is 10.2 Å². The summed E-state index contributed by atoms with van der Waals surface area (Å²) in [4.78, 5) is 13.9. The molecule has 4 nitrogen and oxygen atoms in total. The molecule has 2 rings (SSSR count). The summed E-state index contributed by atoms with van der Waals surface area (Å²) in [5, 5.41) is 3.55. The molecule has 1 aliphatic rings. The van der Waals surface area contributed by atoms with Crippen LogP contribution in [0, 0.1) is 0 Å². The summed E-state index contributed by atoms with van der Waals surface area (Å²) in [5.41, 5.74) is 1.24. The van der Waals surface area contributed by atoms with E-state index in [1.807, 2.05) is 19.1 Å². The molecule has 0 aromatic heterocycles. The Morgan fingerprint density at radius 2 is 2.10 bits per heavy atom. The Labute approximate surface area is 128 Å². The molecule has 0 saturated carbocycles. The molecule has 0 radical (unpaired) electrons. The van der Waals surface area contributed by atoms with Crippen LogP contribution in [0.3, 0.4) is 0 Å². The van der Waals surface area contributed by atoms with Crippen molar-refractivity contribution in [3.63, 3.8) is 0 Å². The molecule has 0 unspecified atom stereocenters. The number of rotatable bonds is 4. The monoisotopic (exact) mass is 340 g/mol. The van der Waals surface area contributed by atoms with Gasteiger partial charge in [0.25, 0.3) is 0 Å². The van der Waals surface area contributed by atoms with Crippen molar-refractivity contribution in [2.75, 3.05) is 26.7 Å². The van der Waals surface area contributed by atoms with Crippen molar-refractivity contribution in [2.45, 2.75) is 25.4 Å². The highest BCUT2D eigenvalue weighted by Crippen LogP contribution is 2.21. The number of halogens is 1. The number of carbonyl (C=O) groups is 1. The summed E-state index contributed by atoms with van der Waals surface area (Å²) < 4.78 is 6.11. The predicted molar refractivity (Wildman–Crippen MR) is 82.6 cm³/mol. The minimum absolute atomic E-state index is 0.130. The fourth-order valence-corrected chi connectivity index (χ4v) is 2.86. The molecule has 2 atom stereocenters. The molecule has 110 valence electrons. The predicted octanol–water partition coefficient (Wildman–Crippen LogP) is 2.35. The van der Waals surface area contributed by atoms with Crippen LogP contribution in [-0.4, -0.2) is 43.7 Å². The number of likely N-dealkylation sites (N-methyl/N-ethyl adjacent to an activating group) is 1. The van der Waals surface area contributed by atoms with Gasteiger partial charge in [-0.05, 0) is 31.7 Å². The van der Waals surface area contributed by atoms with Gasteiger partial charge in [0.2, 0.25) is 0 Å². The number of esters is 1. The normalized spacial score (nSPS) is 23.6. The third-order valence-electron chi connectivity index (χ3n) is 3.45. The number of hydrogen-bond acceptors (Lipinski definition) is 4. The van der Waals surface area contributed by atoms with Crippen LogP contribution in [0.25, 0.3) is 0 Å². The number of nitrogens with one attached hydrogen (secondary N) is 1. The van der Waals surface area contributed by atoms with Gasteiger partial charge in [-0.2, -0.15) is 0 Å². The van der Waals surface area contributed by atoms with Gasteiger partial charge in [-0.25, -0.2) is 0 Å². The van der Waals surface area contributed by atoms with Crippen LogP contribution in [0.4, 0.5) is 0 Å². The first-order valence-corrected chi connectivity index (χ1v) is 7.73. The fourth-order valence-electron chi connectivity index (χ4n) is 2.59. The Kier molecular flexibility index (Phi) is 5.57. The molecule has 1 aromatic rings. The van der Waals surface area contributed by atoms with Gasteiger partial charge >= 0.3 is 5.97 Å². The van der Waals surface area contributed by atoms with Gasteiger partial charge in [0.05, 0.1) is 13.0 Å². The molecule has 20 heavy (non-hydrogen) atoms. The van der Waals surface area contributed by atoms with Gasteiger partial charge in [-0.15, -0.1) is 0 Å². The lowest BCUT2D eigenvalue weighted by atomic mass is 10.0. The SMILES string of the molecule is CCOC(=O)C[C@@H]1CN(C)C[C@@H](c2ccc(Br)cc2)N1. The highest BCUT2D eigenvalue weighted by atomic mass is 79.9. The molecule has 1 aliphatic heterocycles. The summed E-state index contributed by atoms with van der Waals surface area (Å²) in [6.45, 7) is 4.09. The number of nitrogens with zero attached hydrogens (tertiary/aromatic N) is 1. The van der Waals surface area contributed by atoms with Crippen LogP contribution in [0.2, 0.25) is 0 Å². The molecule has 0 amide bonds. The summed E-state index contributed by atoms with van der Waals surface area (Å²) in [7, 11) is 2.09. The highest BCUT2D eigenvalue weighted by molar-refractivity contribution is 9.10. The maximum atomic E-state index is 11.6. The van der Waals surface area contributed by atoms with E-state index < -0.39 is 0 Å². The summed E-state index contributed by atoms with van der Waals surface area (Å²) >= 11 is 3.45. The van der Waals surface area contributed by atoms with Crippen LogP contribution >= 0.6 is 15.9 Å². The lowest BCUT2D eigenvalue weighted by molar-refractivity contribution is -0.144. The second-order valence-electron chi connectivity index (χ2n) is 5.20. The minimum Gasteiger partial charge on any atom is -0.466 e. The quantitative estimate of drug-likeness (QED) is 0.854. The van der Waals surface area contributed by atoms with Gasteiger partial charge in [0, 0.05) is 29.6 Å². The van der Waals surface area contributed by atoms with E-state index in [1.54, 1.807) is 0 Å². The summed E-state index contributed by atoms with van der Waals surface area (Å²) in [5.74, 6) is -0.130. The van der Waals surface area contributed by atoms with Gasteiger partial charge < -0.3 is 15.0 Å². The molecule has 1 fully saturated rings. The first-order chi connectivity index (χ1) is 9.58. The molecular formula is C15H21BrN2O2. The van der Waals surface area contributed by atoms with Gasteiger partial charge in [-0.3, -0.25) is 4.79 Å². The van der Waals surface area contributed by atoms with Crippen LogP contribution in [0.1, 0.15) is 24.9 Å². The van der Waals surface area contributed by atoms with E-state index >= 15 is 0 Å². The average molecular weight is 341 g/mol. The highest BCUT2D eigenvalue weighted by Gasteiger charge is 2.27. The number of carbonyl (C=O) groups excluding carboxylic acids is 1. The maximum absolute atomic E-state index is 11.6. The molecule has 0 bridgehead atoms. The molecule has 1 heterocycles. The Morgan fingerprint density at radius 3 is 2.75 bits per heavy atom. The number of piperazine rings is 1. The van der Waals surface area contributed by atoms with Crippen molar-refractivity contribution in [1.29, 1.82) is 0 Å². The number of benzene rings is 1. The van der Waals surface area contributed by atoms with E-state index in [0.717, 1.165) is 17.6 Å². The second kappa shape index (κ2) is 7.20. The van der Waals surface area contributed by atoms with Crippen LogP contribution < -0.4 is 5.32 Å². The van der Waals surface area contributed by atoms with Gasteiger partial charge in [0.15, 0.2) is 0 Å². The molecule has 1 saturated heterocycles. The first kappa shape index (κ1) is 15.5. The first-order valence-electron chi connectivity index (χ1n) is 6.94. The zero-order valence-corrected chi connectivity index (χ0v) is 13.5. The molecule has 1 N–H and O–H groups in total. The number of hydrogen-bond donors (Lipinski definition) is 1. The van der Waals surface area contributed by atoms with Gasteiger partial charge in [0.1, 0.15) is 0 Å². The Hall–Kier alpha value is -0.910. The van der Waals surface area contributed by atoms with Crippen molar-refractivity contribution in [3.05, 3.63) is 34.3 Å². The van der Waals surface area contributed by atoms with Gasteiger partial charge in [-0.1, -0.05) is 28.1 Å². The molecule has 5 heteroatoms. The third-order valence-corrected chi connectivity index (χ3v) is 3.98. The van der Waals surface area contributed by atoms with Crippen molar-refractivity contribution in [3.8, 4) is 0 Å². The number of ether oxygens (including phenoxy) is 1. The summed E-state index contributed by atoms with van der Waals surface area (Å²) in [6.07, 6.45) is 0.422. The minimum atomic E-state index is -0.130. The van der Waals surface area contributed by atoms with Crippen molar-refractivity contribution >= 4 is 21.9 Å². The smallest absolute Gasteiger partial charge is 0.307 e. The van der Waals surface area contributed by atoms with E-state index in [9.17, 15) is 4.79 Å². The Bertz CT molecular complexity index is 450. The Balaban J connectivity index is 2.00. The van der Waals surface area contributed by atoms with Crippen LogP contribution in [0.5, 0.6) is 0 Å². The van der Waals surface area contributed by atoms with E-state index in [1.165, 1.54) is 5.56 Å². The Morgan fingerprint density at radius 1 is 1.40 bits per heavy atom. The zero-order chi connectivity index (χ0) is 14.5. The topological polar surface area (TPSA) is 41.6 Å². The average Bonchev–Trinajstić information content (AvgIpc) is 2.39. The van der Waals surface area contributed by atoms with E-state index in [2.05, 4.69) is 45.3 Å². The molecule has 0 spiro atoms. The fraction of sp³-hybridized carbons (Fsp3) is 0.533. The van der Waals surface area contributed by atoms with E-state index in [4.69, 9.17) is 4.74 Å². The van der Waals surface area contributed by atoms with E-state index in [-0.39, 0.29) is 18.1 Å². The molecular weight excluding hydrogens is 320 g/mol. The molecule has 0 aliphatic carbocycles. The van der Waals surface area contributed by atoms with Crippen molar-refractivity contribution in [2.24, 2.45) is 0 Å². The lowest BCUT2D eigenvalue weighted by Gasteiger charge is -2.37. The van der Waals surface area contributed by atoms with E-state index in [0.29, 0.717) is 13.0 Å².